The molecule has 2 rings (SSSR count). The van der Waals surface area contributed by atoms with Crippen LogP contribution in [0.25, 0.3) is 0 Å². The molecule has 0 radical (unpaired) electrons. The van der Waals surface area contributed by atoms with Gasteiger partial charge in [-0.25, -0.2) is 23.5 Å². The van der Waals surface area contributed by atoms with Gasteiger partial charge in [0.05, 0.1) is 6.20 Å². The number of nitrogens with zero attached hydrogens (tertiary/aromatic N) is 3. The predicted molar refractivity (Wildman–Crippen MR) is 50.1 cm³/mol. The average Bonchev–Trinajstić information content (AvgIpc) is 2.64. The van der Waals surface area contributed by atoms with E-state index in [0.29, 0.717) is 11.1 Å². The summed E-state index contributed by atoms with van der Waals surface area (Å²) in [7, 11) is 0. The third-order valence-corrected chi connectivity index (χ3v) is 2.36. The van der Waals surface area contributed by atoms with Crippen molar-refractivity contribution in [1.29, 1.82) is 0 Å². The maximum absolute atomic E-state index is 13.4. The highest BCUT2D eigenvalue weighted by Crippen LogP contribution is 2.26. The molecule has 0 aliphatic carbocycles. The molecule has 17 heavy (non-hydrogen) atoms. The molecule has 2 atom stereocenters. The molecule has 1 aliphatic heterocycles. The number of halogens is 3. The Morgan fingerprint density at radius 3 is 2.94 bits per heavy atom. The molecule has 8 heteroatoms. The zero-order chi connectivity index (χ0) is 12.6. The Labute approximate surface area is 94.2 Å². The summed E-state index contributed by atoms with van der Waals surface area (Å²) in [6.45, 7) is 0.955. The van der Waals surface area contributed by atoms with Gasteiger partial charge < -0.3 is 4.74 Å². The van der Waals surface area contributed by atoms with Crippen LogP contribution in [0.1, 0.15) is 6.92 Å². The first kappa shape index (κ1) is 11.6. The lowest BCUT2D eigenvalue weighted by molar-refractivity contribution is 0.174. The van der Waals surface area contributed by atoms with E-state index in [1.165, 1.54) is 6.92 Å². The van der Waals surface area contributed by atoms with Crippen molar-refractivity contribution >= 4 is 11.9 Å². The van der Waals surface area contributed by atoms with Crippen LogP contribution >= 0.6 is 0 Å². The molecule has 2 heterocycles. The number of hydrogen-bond donors (Lipinski definition) is 0. The van der Waals surface area contributed by atoms with Crippen molar-refractivity contribution in [2.45, 2.75) is 19.1 Å². The second-order valence-corrected chi connectivity index (χ2v) is 3.50. The van der Waals surface area contributed by atoms with Gasteiger partial charge in [0.1, 0.15) is 18.8 Å². The molecule has 1 aromatic rings. The van der Waals surface area contributed by atoms with Crippen LogP contribution in [-0.4, -0.2) is 34.9 Å². The fraction of sp³-hybridized carbons (Fsp3) is 0.444. The van der Waals surface area contributed by atoms with Gasteiger partial charge in [0, 0.05) is 0 Å². The molecule has 92 valence electrons. The molecule has 1 saturated heterocycles. The van der Waals surface area contributed by atoms with Crippen molar-refractivity contribution in [3.05, 3.63) is 18.1 Å². The Balaban J connectivity index is 2.42. The molecule has 0 aromatic carbocycles. The van der Waals surface area contributed by atoms with Crippen molar-refractivity contribution in [2.75, 3.05) is 11.5 Å². The largest absolute Gasteiger partial charge is 0.447 e. The number of ether oxygens (including phenoxy) is 1. The zero-order valence-corrected chi connectivity index (χ0v) is 8.73. The van der Waals surface area contributed by atoms with Crippen LogP contribution in [0, 0.1) is 11.9 Å². The van der Waals surface area contributed by atoms with E-state index >= 15 is 0 Å². The van der Waals surface area contributed by atoms with E-state index in [9.17, 15) is 18.0 Å². The van der Waals surface area contributed by atoms with E-state index in [1.807, 2.05) is 0 Å². The summed E-state index contributed by atoms with van der Waals surface area (Å²) >= 11 is 0. The lowest BCUT2D eigenvalue weighted by Gasteiger charge is -2.21. The second-order valence-electron chi connectivity index (χ2n) is 3.50. The van der Waals surface area contributed by atoms with Gasteiger partial charge in [-0.15, -0.1) is 0 Å². The molecule has 1 aliphatic rings. The lowest BCUT2D eigenvalue weighted by atomic mass is 10.2. The molecule has 1 amide bonds. The summed E-state index contributed by atoms with van der Waals surface area (Å²) < 4.78 is 44.0. The first-order valence-corrected chi connectivity index (χ1v) is 4.79. The average molecular weight is 247 g/mol. The van der Waals surface area contributed by atoms with Crippen LogP contribution in [0.5, 0.6) is 0 Å². The number of hydrogen-bond acceptors (Lipinski definition) is 4. The summed E-state index contributed by atoms with van der Waals surface area (Å²) in [4.78, 5) is 18.1. The van der Waals surface area contributed by atoms with E-state index < -0.39 is 36.0 Å². The molecule has 0 N–H and O–H groups in total. The first-order valence-electron chi connectivity index (χ1n) is 4.79. The fourth-order valence-corrected chi connectivity index (χ4v) is 1.52. The molecule has 1 fully saturated rings. The summed E-state index contributed by atoms with van der Waals surface area (Å²) in [5, 5.41) is 0. The van der Waals surface area contributed by atoms with E-state index in [4.69, 9.17) is 0 Å². The van der Waals surface area contributed by atoms with E-state index in [0.717, 1.165) is 0 Å². The maximum Gasteiger partial charge on any atom is 0.416 e. The molecule has 1 aromatic heterocycles. The zero-order valence-electron chi connectivity index (χ0n) is 8.73. The summed E-state index contributed by atoms with van der Waals surface area (Å²) in [6.07, 6.45) is -3.05. The highest BCUT2D eigenvalue weighted by molar-refractivity contribution is 5.89. The highest BCUT2D eigenvalue weighted by atomic mass is 19.1. The van der Waals surface area contributed by atoms with E-state index in [-0.39, 0.29) is 6.61 Å². The van der Waals surface area contributed by atoms with Gasteiger partial charge >= 0.3 is 12.2 Å². The Hall–Kier alpha value is -1.86. The van der Waals surface area contributed by atoms with Gasteiger partial charge in [0.15, 0.2) is 11.6 Å². The Kier molecular flexibility index (Phi) is 2.86. The topological polar surface area (TPSA) is 55.3 Å². The van der Waals surface area contributed by atoms with Gasteiger partial charge in [-0.3, -0.25) is 0 Å². The van der Waals surface area contributed by atoms with Gasteiger partial charge in [-0.2, -0.15) is 9.37 Å². The quantitative estimate of drug-likeness (QED) is 0.742. The normalized spacial score (nSPS) is 21.5. The highest BCUT2D eigenvalue weighted by Gasteiger charge is 2.40. The maximum atomic E-state index is 13.4. The molecular formula is C9H8F3N3O2. The van der Waals surface area contributed by atoms with E-state index in [1.54, 1.807) is 0 Å². The van der Waals surface area contributed by atoms with Crippen molar-refractivity contribution in [3.8, 4) is 0 Å². The molecule has 0 spiro atoms. The van der Waals surface area contributed by atoms with Crippen LogP contribution in [0.2, 0.25) is 0 Å². The third kappa shape index (κ3) is 2.02. The molecule has 0 saturated carbocycles. The number of alkyl halides is 1. The second kappa shape index (κ2) is 4.19. The van der Waals surface area contributed by atoms with Crippen molar-refractivity contribution in [1.82, 2.24) is 9.97 Å². The molecular weight excluding hydrogens is 239 g/mol. The Morgan fingerprint density at radius 2 is 2.29 bits per heavy atom. The van der Waals surface area contributed by atoms with Crippen LogP contribution in [0.3, 0.4) is 0 Å². The Bertz CT molecular complexity index is 455. The first-order chi connectivity index (χ1) is 8.00. The van der Waals surface area contributed by atoms with Crippen molar-refractivity contribution in [2.24, 2.45) is 0 Å². The molecule has 1 unspecified atom stereocenters. The molecule has 5 nitrogen and oxygen atoms in total. The van der Waals surface area contributed by atoms with Crippen molar-refractivity contribution < 1.29 is 22.7 Å². The van der Waals surface area contributed by atoms with Gasteiger partial charge in [-0.1, -0.05) is 0 Å². The standard InChI is InChI=1S/C9H8F3N3O2/c1-4(10)6-3-17-9(16)15(6)7-5(11)2-13-8(12)14-7/h2,4,6H,3H2,1H3/t4-,6?/m0/s1. The van der Waals surface area contributed by atoms with Crippen LogP contribution < -0.4 is 4.90 Å². The monoisotopic (exact) mass is 247 g/mol. The SMILES string of the molecule is C[C@H](F)C1COC(=O)N1c1nc(F)ncc1F. The minimum atomic E-state index is -1.46. The number of anilines is 1. The number of rotatable bonds is 2. The number of aromatic nitrogens is 2. The van der Waals surface area contributed by atoms with Crippen molar-refractivity contribution in [3.63, 3.8) is 0 Å². The predicted octanol–water partition coefficient (Wildman–Crippen LogP) is 1.44. The van der Waals surface area contributed by atoms with Gasteiger partial charge in [-0.05, 0) is 6.92 Å². The smallest absolute Gasteiger partial charge is 0.416 e. The Morgan fingerprint density at radius 1 is 1.59 bits per heavy atom. The van der Waals surface area contributed by atoms with E-state index in [2.05, 4.69) is 14.7 Å². The minimum absolute atomic E-state index is 0.235. The van der Waals surface area contributed by atoms with Crippen LogP contribution in [0.4, 0.5) is 23.8 Å². The fourth-order valence-electron chi connectivity index (χ4n) is 1.52. The summed E-state index contributed by atoms with van der Waals surface area (Å²) in [5.74, 6) is -1.63. The van der Waals surface area contributed by atoms with Gasteiger partial charge in [0.2, 0.25) is 0 Å². The number of carbonyl (C=O) groups excluding carboxylic acids is 1. The van der Waals surface area contributed by atoms with Gasteiger partial charge in [0.25, 0.3) is 0 Å². The van der Waals surface area contributed by atoms with Crippen LogP contribution in [-0.2, 0) is 4.74 Å². The third-order valence-electron chi connectivity index (χ3n) is 2.36. The summed E-state index contributed by atoms with van der Waals surface area (Å²) in [5.41, 5.74) is 0. The number of carbonyl (C=O) groups is 1. The summed E-state index contributed by atoms with van der Waals surface area (Å²) in [6, 6.07) is -1.02. The van der Waals surface area contributed by atoms with Crippen LogP contribution in [0.15, 0.2) is 6.20 Å². The number of cyclic esters (lactones) is 1. The molecule has 0 bridgehead atoms. The number of amides is 1. The lowest BCUT2D eigenvalue weighted by Crippen LogP contribution is -2.40. The minimum Gasteiger partial charge on any atom is -0.447 e.